The third kappa shape index (κ3) is 1.32. The predicted molar refractivity (Wildman–Crippen MR) is 52.2 cm³/mol. The van der Waals surface area contributed by atoms with Crippen molar-refractivity contribution < 1.29 is 9.90 Å². The lowest BCUT2D eigenvalue weighted by Gasteiger charge is -1.98. The summed E-state index contributed by atoms with van der Waals surface area (Å²) < 4.78 is 1.46. The van der Waals surface area contributed by atoms with Crippen molar-refractivity contribution in [2.75, 3.05) is 0 Å². The highest BCUT2D eigenvalue weighted by Crippen LogP contribution is 2.21. The third-order valence-corrected chi connectivity index (χ3v) is 2.28. The molecule has 0 spiro atoms. The number of carboxylic acid groups (broad SMARTS) is 1. The van der Waals surface area contributed by atoms with E-state index in [4.69, 9.17) is 28.3 Å². The van der Waals surface area contributed by atoms with E-state index in [1.54, 1.807) is 0 Å². The largest absolute Gasteiger partial charge is 0.476 e. The van der Waals surface area contributed by atoms with Crippen LogP contribution in [0, 0.1) is 0 Å². The van der Waals surface area contributed by atoms with Gasteiger partial charge >= 0.3 is 5.97 Å². The van der Waals surface area contributed by atoms with Crippen LogP contribution in [-0.4, -0.2) is 20.5 Å². The average molecular weight is 231 g/mol. The molecule has 2 aromatic rings. The van der Waals surface area contributed by atoms with Crippen molar-refractivity contribution in [3.63, 3.8) is 0 Å². The highest BCUT2D eigenvalue weighted by molar-refractivity contribution is 6.34. The van der Waals surface area contributed by atoms with Crippen LogP contribution >= 0.6 is 23.2 Å². The number of imidazole rings is 1. The van der Waals surface area contributed by atoms with E-state index >= 15 is 0 Å². The Kier molecular flexibility index (Phi) is 2.09. The fraction of sp³-hybridized carbons (Fsp3) is 0. The Balaban J connectivity index is 2.85. The second kappa shape index (κ2) is 3.15. The summed E-state index contributed by atoms with van der Waals surface area (Å²) in [5.74, 6) is -1.11. The molecule has 0 bridgehead atoms. The molecule has 0 fully saturated rings. The van der Waals surface area contributed by atoms with Gasteiger partial charge < -0.3 is 5.11 Å². The Morgan fingerprint density at radius 1 is 1.43 bits per heavy atom. The number of fused-ring (bicyclic) bond motifs is 1. The van der Waals surface area contributed by atoms with E-state index in [1.165, 1.54) is 22.9 Å². The Labute approximate surface area is 88.7 Å². The van der Waals surface area contributed by atoms with Crippen LogP contribution in [-0.2, 0) is 0 Å². The molecular weight excluding hydrogens is 227 g/mol. The lowest BCUT2D eigenvalue weighted by molar-refractivity contribution is 0.0693. The summed E-state index contributed by atoms with van der Waals surface area (Å²) in [6, 6.07) is 3.02. The van der Waals surface area contributed by atoms with Crippen molar-refractivity contribution in [1.82, 2.24) is 9.38 Å². The van der Waals surface area contributed by atoms with Crippen LogP contribution in [0.15, 0.2) is 18.5 Å². The first kappa shape index (κ1) is 9.30. The maximum Gasteiger partial charge on any atom is 0.356 e. The van der Waals surface area contributed by atoms with Gasteiger partial charge in [-0.25, -0.2) is 9.78 Å². The van der Waals surface area contributed by atoms with Crippen LogP contribution < -0.4 is 0 Å². The topological polar surface area (TPSA) is 54.6 Å². The van der Waals surface area contributed by atoms with Gasteiger partial charge in [0.15, 0.2) is 5.69 Å². The maximum atomic E-state index is 10.7. The number of carbonyl (C=O) groups is 1. The molecule has 2 heterocycles. The molecule has 0 aliphatic rings. The number of carboxylic acids is 1. The average Bonchev–Trinajstić information content (AvgIpc) is 2.47. The Hall–Kier alpha value is -1.26. The molecule has 0 saturated carbocycles. The van der Waals surface area contributed by atoms with Crippen molar-refractivity contribution in [3.8, 4) is 0 Å². The van der Waals surface area contributed by atoms with Gasteiger partial charge in [0.05, 0.1) is 5.52 Å². The molecule has 0 atom stereocenters. The summed E-state index contributed by atoms with van der Waals surface area (Å²) >= 11 is 11.6. The Morgan fingerprint density at radius 3 is 2.79 bits per heavy atom. The molecule has 1 N–H and O–H groups in total. The molecule has 72 valence electrons. The van der Waals surface area contributed by atoms with Gasteiger partial charge in [-0.2, -0.15) is 0 Å². The number of hydrogen-bond donors (Lipinski definition) is 1. The first-order valence-corrected chi connectivity index (χ1v) is 4.40. The lowest BCUT2D eigenvalue weighted by atomic mass is 10.3. The quantitative estimate of drug-likeness (QED) is 0.766. The Morgan fingerprint density at radius 2 is 2.14 bits per heavy atom. The highest BCUT2D eigenvalue weighted by atomic mass is 35.5. The van der Waals surface area contributed by atoms with Gasteiger partial charge in [-0.15, -0.1) is 0 Å². The molecule has 4 nitrogen and oxygen atoms in total. The number of aromatic carboxylic acids is 1. The van der Waals surface area contributed by atoms with Gasteiger partial charge in [-0.05, 0) is 12.1 Å². The van der Waals surface area contributed by atoms with Crippen LogP contribution in [0.4, 0.5) is 0 Å². The van der Waals surface area contributed by atoms with E-state index in [2.05, 4.69) is 4.98 Å². The van der Waals surface area contributed by atoms with Crippen molar-refractivity contribution in [1.29, 1.82) is 0 Å². The molecule has 0 amide bonds. The van der Waals surface area contributed by atoms with E-state index < -0.39 is 5.97 Å². The molecule has 0 aliphatic carbocycles. The molecule has 2 aromatic heterocycles. The van der Waals surface area contributed by atoms with E-state index in [9.17, 15) is 4.79 Å². The molecule has 0 aromatic carbocycles. The van der Waals surface area contributed by atoms with E-state index in [0.29, 0.717) is 15.7 Å². The molecule has 0 aliphatic heterocycles. The second-order valence-electron chi connectivity index (χ2n) is 2.65. The first-order valence-electron chi connectivity index (χ1n) is 3.65. The minimum Gasteiger partial charge on any atom is -0.476 e. The predicted octanol–water partition coefficient (Wildman–Crippen LogP) is 2.34. The summed E-state index contributed by atoms with van der Waals surface area (Å²) in [6.45, 7) is 0. The summed E-state index contributed by atoms with van der Waals surface area (Å²) in [6.07, 6.45) is 1.34. The van der Waals surface area contributed by atoms with E-state index in [1.807, 2.05) is 0 Å². The normalized spacial score (nSPS) is 10.7. The molecule has 14 heavy (non-hydrogen) atoms. The number of hydrogen-bond acceptors (Lipinski definition) is 2. The molecule has 2 rings (SSSR count). The number of rotatable bonds is 1. The van der Waals surface area contributed by atoms with Gasteiger partial charge in [0.25, 0.3) is 0 Å². The van der Waals surface area contributed by atoms with E-state index in [0.717, 1.165) is 0 Å². The van der Waals surface area contributed by atoms with Gasteiger partial charge in [0, 0.05) is 5.02 Å². The SMILES string of the molecule is O=C(O)c1ncn2c(Cl)cc(Cl)cc12. The summed E-state index contributed by atoms with van der Waals surface area (Å²) in [5.41, 5.74) is 0.324. The molecule has 0 saturated heterocycles. The monoisotopic (exact) mass is 230 g/mol. The molecular formula is C8H4Cl2N2O2. The summed E-state index contributed by atoms with van der Waals surface area (Å²) in [7, 11) is 0. The smallest absolute Gasteiger partial charge is 0.356 e. The van der Waals surface area contributed by atoms with Crippen LogP contribution in [0.2, 0.25) is 10.2 Å². The van der Waals surface area contributed by atoms with Crippen molar-refractivity contribution in [3.05, 3.63) is 34.3 Å². The zero-order chi connectivity index (χ0) is 10.3. The lowest BCUT2D eigenvalue weighted by Crippen LogP contribution is -1.97. The molecule has 0 radical (unpaired) electrons. The van der Waals surface area contributed by atoms with Crippen LogP contribution in [0.1, 0.15) is 10.5 Å². The van der Waals surface area contributed by atoms with E-state index in [-0.39, 0.29) is 5.69 Å². The van der Waals surface area contributed by atoms with Crippen LogP contribution in [0.5, 0.6) is 0 Å². The first-order chi connectivity index (χ1) is 6.59. The maximum absolute atomic E-state index is 10.7. The second-order valence-corrected chi connectivity index (χ2v) is 3.47. The summed E-state index contributed by atoms with van der Waals surface area (Å²) in [4.78, 5) is 14.5. The number of halogens is 2. The number of pyridine rings is 1. The van der Waals surface area contributed by atoms with Crippen molar-refractivity contribution in [2.24, 2.45) is 0 Å². The molecule has 6 heteroatoms. The minimum atomic E-state index is -1.11. The van der Waals surface area contributed by atoms with Gasteiger partial charge in [-0.3, -0.25) is 4.40 Å². The van der Waals surface area contributed by atoms with Crippen LogP contribution in [0.3, 0.4) is 0 Å². The summed E-state index contributed by atoms with van der Waals surface area (Å²) in [5, 5.41) is 9.50. The molecule has 0 unspecified atom stereocenters. The fourth-order valence-corrected chi connectivity index (χ4v) is 1.70. The van der Waals surface area contributed by atoms with Gasteiger partial charge in [-0.1, -0.05) is 23.2 Å². The van der Waals surface area contributed by atoms with Crippen molar-refractivity contribution in [2.45, 2.75) is 0 Å². The minimum absolute atomic E-state index is 0.0607. The van der Waals surface area contributed by atoms with Gasteiger partial charge in [0.1, 0.15) is 11.5 Å². The van der Waals surface area contributed by atoms with Gasteiger partial charge in [0.2, 0.25) is 0 Å². The third-order valence-electron chi connectivity index (χ3n) is 1.77. The van der Waals surface area contributed by atoms with Crippen molar-refractivity contribution >= 4 is 34.7 Å². The Bertz CT molecular complexity index is 521. The standard InChI is InChI=1S/C8H4Cl2N2O2/c9-4-1-5-7(8(13)14)11-3-12(5)6(10)2-4/h1-3H,(H,13,14). The number of aromatic nitrogens is 2. The highest BCUT2D eigenvalue weighted by Gasteiger charge is 2.13. The number of nitrogens with zero attached hydrogens (tertiary/aromatic N) is 2. The zero-order valence-corrected chi connectivity index (χ0v) is 8.25. The zero-order valence-electron chi connectivity index (χ0n) is 6.74. The fourth-order valence-electron chi connectivity index (χ4n) is 1.19. The van der Waals surface area contributed by atoms with Crippen LogP contribution in [0.25, 0.3) is 5.52 Å².